The molecule has 0 amide bonds. The molecule has 1 rings (SSSR count). The number of hydrogen-bond donors (Lipinski definition) is 2. The first kappa shape index (κ1) is 14.4. The van der Waals surface area contributed by atoms with Crippen LogP contribution in [0.3, 0.4) is 0 Å². The number of methoxy groups -OCH3 is 1. The topological polar surface area (TPSA) is 59.6 Å². The Morgan fingerprint density at radius 1 is 1.44 bits per heavy atom. The van der Waals surface area contributed by atoms with Gasteiger partial charge in [0, 0.05) is 13.1 Å². The number of hydrogen-bond acceptors (Lipinski definition) is 2. The summed E-state index contributed by atoms with van der Waals surface area (Å²) in [7, 11) is 1.69. The normalized spacial score (nSPS) is 11.4. The van der Waals surface area contributed by atoms with E-state index in [1.165, 1.54) is 5.56 Å². The van der Waals surface area contributed by atoms with Crippen molar-refractivity contribution in [3.05, 3.63) is 29.3 Å². The number of nitrogens with one attached hydrogen (secondary N) is 1. The maximum absolute atomic E-state index is 5.72. The fourth-order valence-corrected chi connectivity index (χ4v) is 1.64. The predicted octanol–water partition coefficient (Wildman–Crippen LogP) is 1.86. The average Bonchev–Trinajstić information content (AvgIpc) is 2.38. The van der Waals surface area contributed by atoms with Crippen LogP contribution in [0.25, 0.3) is 0 Å². The van der Waals surface area contributed by atoms with E-state index in [0.29, 0.717) is 5.96 Å². The van der Waals surface area contributed by atoms with Gasteiger partial charge in [0.25, 0.3) is 0 Å². The van der Waals surface area contributed by atoms with Gasteiger partial charge < -0.3 is 15.8 Å². The van der Waals surface area contributed by atoms with Gasteiger partial charge in [0.05, 0.1) is 7.11 Å². The second kappa shape index (κ2) is 7.58. The zero-order valence-corrected chi connectivity index (χ0v) is 11.5. The fraction of sp³-hybridized carbons (Fsp3) is 0.500. The van der Waals surface area contributed by atoms with Crippen LogP contribution in [0.15, 0.2) is 23.2 Å². The first-order valence-electron chi connectivity index (χ1n) is 6.34. The Hall–Kier alpha value is -1.71. The molecule has 0 saturated heterocycles. The fourth-order valence-electron chi connectivity index (χ4n) is 1.64. The minimum absolute atomic E-state index is 0.524. The molecular weight excluding hydrogens is 226 g/mol. The third-order valence-electron chi connectivity index (χ3n) is 2.70. The number of nitrogens with two attached hydrogens (primary N) is 1. The molecule has 0 heterocycles. The van der Waals surface area contributed by atoms with Gasteiger partial charge in [-0.2, -0.15) is 0 Å². The van der Waals surface area contributed by atoms with Crippen LogP contribution < -0.4 is 15.8 Å². The van der Waals surface area contributed by atoms with Crippen molar-refractivity contribution >= 4 is 5.96 Å². The molecule has 0 bridgehead atoms. The highest BCUT2D eigenvalue weighted by atomic mass is 16.5. The molecule has 100 valence electrons. The Kier molecular flexibility index (Phi) is 6.05. The number of rotatable bonds is 6. The van der Waals surface area contributed by atoms with Crippen LogP contribution in [0.1, 0.15) is 24.5 Å². The quantitative estimate of drug-likeness (QED) is 0.597. The first-order chi connectivity index (χ1) is 8.67. The van der Waals surface area contributed by atoms with E-state index >= 15 is 0 Å². The molecule has 0 radical (unpaired) electrons. The number of aryl methyl sites for hydroxylation is 1. The summed E-state index contributed by atoms with van der Waals surface area (Å²) in [5.74, 6) is 1.45. The third-order valence-corrected chi connectivity index (χ3v) is 2.70. The molecule has 3 N–H and O–H groups in total. The molecule has 0 aliphatic heterocycles. The summed E-state index contributed by atoms with van der Waals surface area (Å²) in [4.78, 5) is 4.18. The van der Waals surface area contributed by atoms with Gasteiger partial charge in [0.2, 0.25) is 0 Å². The molecule has 0 fully saturated rings. The number of aliphatic imine (C=N–C) groups is 1. The second-order valence-corrected chi connectivity index (χ2v) is 4.25. The van der Waals surface area contributed by atoms with Crippen LogP contribution in [0, 0.1) is 6.92 Å². The summed E-state index contributed by atoms with van der Waals surface area (Å²) in [6.07, 6.45) is 1.91. The van der Waals surface area contributed by atoms with Crippen LogP contribution in [0.4, 0.5) is 0 Å². The molecule has 1 aromatic rings. The SMILES string of the molecule is CCCN=C(N)NCCc1ccc(C)c(OC)c1. The maximum atomic E-state index is 5.72. The van der Waals surface area contributed by atoms with Crippen molar-refractivity contribution in [1.82, 2.24) is 5.32 Å². The first-order valence-corrected chi connectivity index (χ1v) is 6.34. The molecule has 0 unspecified atom stereocenters. The minimum Gasteiger partial charge on any atom is -0.496 e. The summed E-state index contributed by atoms with van der Waals surface area (Å²) in [6, 6.07) is 6.25. The van der Waals surface area contributed by atoms with E-state index in [-0.39, 0.29) is 0 Å². The zero-order valence-electron chi connectivity index (χ0n) is 11.5. The lowest BCUT2D eigenvalue weighted by atomic mass is 10.1. The Morgan fingerprint density at radius 2 is 2.22 bits per heavy atom. The molecule has 18 heavy (non-hydrogen) atoms. The van der Waals surface area contributed by atoms with E-state index < -0.39 is 0 Å². The third kappa shape index (κ3) is 4.65. The van der Waals surface area contributed by atoms with Crippen molar-refractivity contribution in [3.8, 4) is 5.75 Å². The van der Waals surface area contributed by atoms with Crippen molar-refractivity contribution in [2.24, 2.45) is 10.7 Å². The lowest BCUT2D eigenvalue weighted by Gasteiger charge is -2.09. The summed E-state index contributed by atoms with van der Waals surface area (Å²) >= 11 is 0. The lowest BCUT2D eigenvalue weighted by Crippen LogP contribution is -2.33. The van der Waals surface area contributed by atoms with Gasteiger partial charge in [-0.3, -0.25) is 4.99 Å². The van der Waals surface area contributed by atoms with Crippen LogP contribution >= 0.6 is 0 Å². The van der Waals surface area contributed by atoms with Crippen molar-refractivity contribution in [2.75, 3.05) is 20.2 Å². The summed E-state index contributed by atoms with van der Waals surface area (Å²) in [5, 5.41) is 3.10. The largest absolute Gasteiger partial charge is 0.496 e. The van der Waals surface area contributed by atoms with Gasteiger partial charge in [-0.05, 0) is 37.0 Å². The van der Waals surface area contributed by atoms with E-state index in [0.717, 1.165) is 37.2 Å². The predicted molar refractivity (Wildman–Crippen MR) is 76.2 cm³/mol. The van der Waals surface area contributed by atoms with Gasteiger partial charge in [-0.25, -0.2) is 0 Å². The second-order valence-electron chi connectivity index (χ2n) is 4.25. The van der Waals surface area contributed by atoms with E-state index in [2.05, 4.69) is 35.4 Å². The minimum atomic E-state index is 0.524. The number of benzene rings is 1. The molecule has 4 nitrogen and oxygen atoms in total. The average molecular weight is 249 g/mol. The molecule has 0 saturated carbocycles. The van der Waals surface area contributed by atoms with Gasteiger partial charge in [0.1, 0.15) is 5.75 Å². The highest BCUT2D eigenvalue weighted by Gasteiger charge is 2.00. The van der Waals surface area contributed by atoms with E-state index in [1.807, 2.05) is 6.92 Å². The van der Waals surface area contributed by atoms with Crippen molar-refractivity contribution < 1.29 is 4.74 Å². The summed E-state index contributed by atoms with van der Waals surface area (Å²) in [5.41, 5.74) is 8.10. The van der Waals surface area contributed by atoms with Gasteiger partial charge in [0.15, 0.2) is 5.96 Å². The molecule has 0 atom stereocenters. The Labute approximate surface area is 109 Å². The van der Waals surface area contributed by atoms with Crippen molar-refractivity contribution in [1.29, 1.82) is 0 Å². The highest BCUT2D eigenvalue weighted by molar-refractivity contribution is 5.77. The van der Waals surface area contributed by atoms with E-state index in [9.17, 15) is 0 Å². The standard InChI is InChI=1S/C14H23N3O/c1-4-8-16-14(15)17-9-7-12-6-5-11(2)13(10-12)18-3/h5-6,10H,4,7-9H2,1-3H3,(H3,15,16,17). The molecule has 0 aliphatic rings. The maximum Gasteiger partial charge on any atom is 0.188 e. The highest BCUT2D eigenvalue weighted by Crippen LogP contribution is 2.18. The number of guanidine groups is 1. The Bertz CT molecular complexity index is 402. The molecule has 4 heteroatoms. The number of nitrogens with zero attached hydrogens (tertiary/aromatic N) is 1. The van der Waals surface area contributed by atoms with Gasteiger partial charge >= 0.3 is 0 Å². The zero-order chi connectivity index (χ0) is 13.4. The van der Waals surface area contributed by atoms with E-state index in [1.54, 1.807) is 7.11 Å². The molecule has 0 aliphatic carbocycles. The molecular formula is C14H23N3O. The van der Waals surface area contributed by atoms with Crippen LogP contribution in [-0.4, -0.2) is 26.2 Å². The summed E-state index contributed by atoms with van der Waals surface area (Å²) < 4.78 is 5.30. The Balaban J connectivity index is 2.44. The molecule has 0 aromatic heterocycles. The van der Waals surface area contributed by atoms with E-state index in [4.69, 9.17) is 10.5 Å². The summed E-state index contributed by atoms with van der Waals surface area (Å²) in [6.45, 7) is 5.67. The van der Waals surface area contributed by atoms with Gasteiger partial charge in [-0.15, -0.1) is 0 Å². The molecule has 1 aromatic carbocycles. The molecule has 0 spiro atoms. The van der Waals surface area contributed by atoms with Crippen molar-refractivity contribution in [3.63, 3.8) is 0 Å². The van der Waals surface area contributed by atoms with Crippen LogP contribution in [-0.2, 0) is 6.42 Å². The smallest absolute Gasteiger partial charge is 0.188 e. The lowest BCUT2D eigenvalue weighted by molar-refractivity contribution is 0.411. The van der Waals surface area contributed by atoms with Gasteiger partial charge in [-0.1, -0.05) is 19.1 Å². The monoisotopic (exact) mass is 249 g/mol. The van der Waals surface area contributed by atoms with Crippen LogP contribution in [0.2, 0.25) is 0 Å². The number of ether oxygens (including phenoxy) is 1. The van der Waals surface area contributed by atoms with Crippen LogP contribution in [0.5, 0.6) is 5.75 Å². The van der Waals surface area contributed by atoms with Crippen molar-refractivity contribution in [2.45, 2.75) is 26.7 Å². The Morgan fingerprint density at radius 3 is 2.89 bits per heavy atom.